The minimum absolute atomic E-state index is 0.656. The third-order valence-electron chi connectivity index (χ3n) is 3.53. The van der Waals surface area contributed by atoms with Crippen LogP contribution in [0.3, 0.4) is 0 Å². The first-order valence-corrected chi connectivity index (χ1v) is 7.44. The van der Waals surface area contributed by atoms with Crippen molar-refractivity contribution in [1.82, 2.24) is 5.32 Å². The Bertz CT molecular complexity index is 524. The molecule has 18 heavy (non-hydrogen) atoms. The Morgan fingerprint density at radius 1 is 1.00 bits per heavy atom. The Hall–Kier alpha value is -0.870. The normalized spacial score (nSPS) is 21.8. The molecule has 1 aliphatic rings. The summed E-state index contributed by atoms with van der Waals surface area (Å²) >= 11 is 2.40. The van der Waals surface area contributed by atoms with E-state index in [9.17, 15) is 0 Å². The number of hydrogen-bond donors (Lipinski definition) is 1. The van der Waals surface area contributed by atoms with Gasteiger partial charge in [-0.05, 0) is 46.2 Å². The van der Waals surface area contributed by atoms with Gasteiger partial charge in [0.1, 0.15) is 0 Å². The van der Waals surface area contributed by atoms with Gasteiger partial charge in [0.15, 0.2) is 0 Å². The summed E-state index contributed by atoms with van der Waals surface area (Å²) in [6, 6.07) is 20.0. The summed E-state index contributed by atoms with van der Waals surface area (Å²) in [6.07, 6.45) is 1.27. The van der Waals surface area contributed by atoms with Gasteiger partial charge in [0.2, 0.25) is 0 Å². The number of benzene rings is 2. The van der Waals surface area contributed by atoms with Crippen LogP contribution >= 0.6 is 22.6 Å². The molecule has 0 aromatic heterocycles. The summed E-state index contributed by atoms with van der Waals surface area (Å²) < 4.78 is 1.35. The van der Waals surface area contributed by atoms with Crippen molar-refractivity contribution in [2.75, 3.05) is 0 Å². The van der Waals surface area contributed by atoms with Gasteiger partial charge in [0.05, 0.1) is 0 Å². The quantitative estimate of drug-likeness (QED) is 0.825. The van der Waals surface area contributed by atoms with Crippen molar-refractivity contribution < 1.29 is 0 Å². The lowest BCUT2D eigenvalue weighted by atomic mass is 10.1. The summed E-state index contributed by atoms with van der Waals surface area (Å²) in [5.74, 6) is 0.715. The lowest BCUT2D eigenvalue weighted by molar-refractivity contribution is 0.671. The van der Waals surface area contributed by atoms with Gasteiger partial charge in [-0.25, -0.2) is 0 Å². The second-order valence-electron chi connectivity index (χ2n) is 4.83. The van der Waals surface area contributed by atoms with Crippen molar-refractivity contribution in [1.29, 1.82) is 0 Å². The van der Waals surface area contributed by atoms with Crippen LogP contribution in [-0.4, -0.2) is 6.04 Å². The topological polar surface area (TPSA) is 12.0 Å². The van der Waals surface area contributed by atoms with E-state index in [2.05, 4.69) is 82.5 Å². The van der Waals surface area contributed by atoms with Crippen LogP contribution in [0.15, 0.2) is 54.6 Å². The van der Waals surface area contributed by atoms with E-state index in [1.54, 1.807) is 0 Å². The molecule has 1 aliphatic carbocycles. The van der Waals surface area contributed by atoms with Crippen LogP contribution < -0.4 is 5.32 Å². The van der Waals surface area contributed by atoms with Gasteiger partial charge in [-0.15, -0.1) is 0 Å². The van der Waals surface area contributed by atoms with Crippen LogP contribution in [-0.2, 0) is 6.54 Å². The Balaban J connectivity index is 1.56. The van der Waals surface area contributed by atoms with E-state index in [0.29, 0.717) is 12.0 Å². The van der Waals surface area contributed by atoms with Crippen LogP contribution in [0.1, 0.15) is 23.5 Å². The molecule has 2 aromatic rings. The molecule has 92 valence electrons. The van der Waals surface area contributed by atoms with Crippen molar-refractivity contribution in [2.45, 2.75) is 24.9 Å². The van der Waals surface area contributed by atoms with E-state index in [4.69, 9.17) is 0 Å². The molecule has 0 unspecified atom stereocenters. The zero-order valence-corrected chi connectivity index (χ0v) is 12.3. The minimum atomic E-state index is 0.656. The zero-order valence-electron chi connectivity index (χ0n) is 10.1. The molecule has 0 amide bonds. The second-order valence-corrected chi connectivity index (χ2v) is 5.99. The average molecular weight is 349 g/mol. The van der Waals surface area contributed by atoms with Crippen molar-refractivity contribution >= 4 is 22.6 Å². The smallest absolute Gasteiger partial charge is 0.0218 e. The lowest BCUT2D eigenvalue weighted by Gasteiger charge is -2.06. The van der Waals surface area contributed by atoms with Crippen LogP contribution in [0.25, 0.3) is 0 Å². The van der Waals surface area contributed by atoms with Crippen molar-refractivity contribution in [3.05, 3.63) is 69.3 Å². The molecule has 0 bridgehead atoms. The van der Waals surface area contributed by atoms with E-state index in [0.717, 1.165) is 6.54 Å². The van der Waals surface area contributed by atoms with Gasteiger partial charge in [-0.2, -0.15) is 0 Å². The summed E-state index contributed by atoms with van der Waals surface area (Å²) in [7, 11) is 0. The van der Waals surface area contributed by atoms with Gasteiger partial charge in [-0.3, -0.25) is 0 Å². The highest BCUT2D eigenvalue weighted by Crippen LogP contribution is 2.40. The molecule has 0 spiro atoms. The largest absolute Gasteiger partial charge is 0.309 e. The van der Waals surface area contributed by atoms with E-state index in [-0.39, 0.29) is 0 Å². The monoisotopic (exact) mass is 349 g/mol. The van der Waals surface area contributed by atoms with Gasteiger partial charge in [0.25, 0.3) is 0 Å². The van der Waals surface area contributed by atoms with E-state index >= 15 is 0 Å². The fourth-order valence-electron chi connectivity index (χ4n) is 2.37. The second kappa shape index (κ2) is 5.41. The maximum absolute atomic E-state index is 3.66. The molecule has 0 aliphatic heterocycles. The number of nitrogens with one attached hydrogen (secondary N) is 1. The molecule has 0 saturated heterocycles. The molecule has 1 saturated carbocycles. The maximum atomic E-state index is 3.66. The standard InChI is InChI=1S/C16H16IN/c17-15-9-5-4-8-13(15)11-18-16-10-14(16)12-6-2-1-3-7-12/h1-9,14,16,18H,10-11H2/t14-,16+/m1/s1. The van der Waals surface area contributed by atoms with Crippen molar-refractivity contribution in [2.24, 2.45) is 0 Å². The average Bonchev–Trinajstić information content (AvgIpc) is 3.18. The molecule has 1 fully saturated rings. The molecule has 1 nitrogen and oxygen atoms in total. The molecule has 2 atom stereocenters. The van der Waals surface area contributed by atoms with Crippen molar-refractivity contribution in [3.63, 3.8) is 0 Å². The van der Waals surface area contributed by atoms with E-state index < -0.39 is 0 Å². The summed E-state index contributed by atoms with van der Waals surface area (Å²) in [6.45, 7) is 0.979. The molecule has 3 rings (SSSR count). The Morgan fingerprint density at radius 2 is 1.72 bits per heavy atom. The Morgan fingerprint density at radius 3 is 2.50 bits per heavy atom. The molecule has 1 N–H and O–H groups in total. The third-order valence-corrected chi connectivity index (χ3v) is 4.58. The van der Waals surface area contributed by atoms with Crippen LogP contribution in [0.2, 0.25) is 0 Å². The fraction of sp³-hybridized carbons (Fsp3) is 0.250. The number of hydrogen-bond acceptors (Lipinski definition) is 1. The van der Waals surface area contributed by atoms with Gasteiger partial charge in [0, 0.05) is 22.1 Å². The lowest BCUT2D eigenvalue weighted by Crippen LogP contribution is -2.17. The van der Waals surface area contributed by atoms with E-state index in [1.807, 2.05) is 0 Å². The first-order chi connectivity index (χ1) is 8.84. The molecule has 0 radical (unpaired) electrons. The Labute approximate surface area is 122 Å². The predicted octanol–water partition coefficient (Wildman–Crippen LogP) is 3.94. The SMILES string of the molecule is Ic1ccccc1CN[C@H]1C[C@@H]1c1ccccc1. The highest BCUT2D eigenvalue weighted by molar-refractivity contribution is 14.1. The molecular weight excluding hydrogens is 333 g/mol. The van der Waals surface area contributed by atoms with Gasteiger partial charge >= 0.3 is 0 Å². The molecule has 2 aromatic carbocycles. The van der Waals surface area contributed by atoms with Crippen molar-refractivity contribution in [3.8, 4) is 0 Å². The first kappa shape index (κ1) is 12.2. The fourth-order valence-corrected chi connectivity index (χ4v) is 2.95. The van der Waals surface area contributed by atoms with Crippen LogP contribution in [0, 0.1) is 3.57 Å². The van der Waals surface area contributed by atoms with Crippen LogP contribution in [0.5, 0.6) is 0 Å². The van der Waals surface area contributed by atoms with Crippen LogP contribution in [0.4, 0.5) is 0 Å². The summed E-state index contributed by atoms with van der Waals surface area (Å²) in [5, 5.41) is 3.66. The molecule has 2 heteroatoms. The third kappa shape index (κ3) is 2.75. The van der Waals surface area contributed by atoms with E-state index in [1.165, 1.54) is 21.1 Å². The van der Waals surface area contributed by atoms with Gasteiger partial charge < -0.3 is 5.32 Å². The minimum Gasteiger partial charge on any atom is -0.309 e. The zero-order chi connectivity index (χ0) is 12.4. The summed E-state index contributed by atoms with van der Waals surface area (Å²) in [5.41, 5.74) is 2.87. The number of halogens is 1. The summed E-state index contributed by atoms with van der Waals surface area (Å²) in [4.78, 5) is 0. The highest BCUT2D eigenvalue weighted by atomic mass is 127. The maximum Gasteiger partial charge on any atom is 0.0218 e. The number of rotatable bonds is 4. The molecule has 0 heterocycles. The highest BCUT2D eigenvalue weighted by Gasteiger charge is 2.37. The van der Waals surface area contributed by atoms with Gasteiger partial charge in [-0.1, -0.05) is 48.5 Å². The first-order valence-electron chi connectivity index (χ1n) is 6.36. The Kier molecular flexibility index (Phi) is 3.66. The molecular formula is C16H16IN. The predicted molar refractivity (Wildman–Crippen MR) is 83.6 cm³/mol.